The van der Waals surface area contributed by atoms with Crippen LogP contribution in [-0.2, 0) is 26.0 Å². The molecule has 0 fully saturated rings. The van der Waals surface area contributed by atoms with Crippen LogP contribution in [-0.4, -0.2) is 63.7 Å². The van der Waals surface area contributed by atoms with Crippen LogP contribution in [0.4, 0.5) is 17.1 Å². The van der Waals surface area contributed by atoms with Crippen LogP contribution in [0.5, 0.6) is 0 Å². The summed E-state index contributed by atoms with van der Waals surface area (Å²) in [6, 6.07) is 20.0. The number of carbonyl (C=O) groups is 2. The van der Waals surface area contributed by atoms with E-state index < -0.39 is 16.0 Å². The number of anilines is 3. The van der Waals surface area contributed by atoms with Crippen LogP contribution in [0.1, 0.15) is 23.1 Å². The van der Waals surface area contributed by atoms with E-state index in [0.29, 0.717) is 47.8 Å². The quantitative estimate of drug-likeness (QED) is 0.263. The average molecular weight is 628 g/mol. The maximum atomic E-state index is 13.2. The molecule has 4 rings (SSSR count). The van der Waals surface area contributed by atoms with Gasteiger partial charge < -0.3 is 20.6 Å². The van der Waals surface area contributed by atoms with E-state index in [1.165, 1.54) is 10.6 Å². The molecular weight excluding hydrogens is 596 g/mol. The largest absolute Gasteiger partial charge is 0.481 e. The van der Waals surface area contributed by atoms with Crippen molar-refractivity contribution in [2.24, 2.45) is 0 Å². The fourth-order valence-electron chi connectivity index (χ4n) is 4.39. The predicted molar refractivity (Wildman–Crippen MR) is 163 cm³/mol. The summed E-state index contributed by atoms with van der Waals surface area (Å²) in [5.41, 5.74) is 5.30. The molecule has 1 aliphatic heterocycles. The molecule has 9 nitrogen and oxygen atoms in total. The van der Waals surface area contributed by atoms with Crippen LogP contribution in [0.2, 0.25) is 0 Å². The van der Waals surface area contributed by atoms with Gasteiger partial charge in [0.1, 0.15) is 0 Å². The third-order valence-electron chi connectivity index (χ3n) is 6.42. The van der Waals surface area contributed by atoms with Gasteiger partial charge in [-0.1, -0.05) is 46.3 Å². The first-order valence-electron chi connectivity index (χ1n) is 12.6. The first kappa shape index (κ1) is 29.3. The Morgan fingerprint density at radius 1 is 1.00 bits per heavy atom. The predicted octanol–water partition coefficient (Wildman–Crippen LogP) is 4.73. The van der Waals surface area contributed by atoms with E-state index >= 15 is 0 Å². The Balaban J connectivity index is 1.72. The number of carboxylic acid groups (broad SMARTS) is 1. The molecule has 0 spiro atoms. The number of hydrogen-bond acceptors (Lipinski definition) is 6. The molecule has 210 valence electrons. The van der Waals surface area contributed by atoms with Crippen molar-refractivity contribution in [3.8, 4) is 0 Å². The lowest BCUT2D eigenvalue weighted by atomic mass is 9.98. The van der Waals surface area contributed by atoms with Crippen molar-refractivity contribution in [3.63, 3.8) is 0 Å². The lowest BCUT2D eigenvalue weighted by Gasteiger charge is -2.24. The number of likely N-dealkylation sites (N-methyl/N-ethyl adjacent to an activating group) is 1. The van der Waals surface area contributed by atoms with Gasteiger partial charge in [-0.15, -0.1) is 0 Å². The summed E-state index contributed by atoms with van der Waals surface area (Å²) >= 11 is 3.45. The Kier molecular flexibility index (Phi) is 8.97. The molecule has 0 saturated heterocycles. The molecule has 0 bridgehead atoms. The van der Waals surface area contributed by atoms with Crippen LogP contribution in [0.15, 0.2) is 71.2 Å². The third kappa shape index (κ3) is 7.09. The molecular formula is C29H31BrN4O5S. The average Bonchev–Trinajstić information content (AvgIpc) is 3.20. The summed E-state index contributed by atoms with van der Waals surface area (Å²) in [5.74, 6) is -1.12. The summed E-state index contributed by atoms with van der Waals surface area (Å²) in [4.78, 5) is 26.1. The number of hydrogen-bond donors (Lipinski definition) is 3. The smallest absolute Gasteiger partial charge is 0.303 e. The zero-order valence-corrected chi connectivity index (χ0v) is 24.8. The van der Waals surface area contributed by atoms with E-state index in [4.69, 9.17) is 5.11 Å². The van der Waals surface area contributed by atoms with Crippen LogP contribution >= 0.6 is 15.9 Å². The van der Waals surface area contributed by atoms with Crippen molar-refractivity contribution in [2.45, 2.75) is 12.8 Å². The molecule has 1 aliphatic rings. The van der Waals surface area contributed by atoms with Gasteiger partial charge in [-0.2, -0.15) is 0 Å². The maximum Gasteiger partial charge on any atom is 0.303 e. The molecule has 0 atom stereocenters. The number of halogens is 1. The normalized spacial score (nSPS) is 14.1. The molecule has 11 heteroatoms. The summed E-state index contributed by atoms with van der Waals surface area (Å²) in [7, 11) is 0.291. The highest BCUT2D eigenvalue weighted by Crippen LogP contribution is 2.39. The second-order valence-corrected chi connectivity index (χ2v) is 12.6. The van der Waals surface area contributed by atoms with Gasteiger partial charge in [0.05, 0.1) is 28.9 Å². The molecule has 40 heavy (non-hydrogen) atoms. The highest BCUT2D eigenvalue weighted by Gasteiger charge is 2.29. The standard InChI is InChI=1S/C29H31BrN4O5S/c1-33(2)16-17-34(40(3,38)39)23-12-10-22(11-13-23)31-28(20-7-4-19(5-8-20)6-15-26(35)36)27-24-14-9-21(30)18-25(24)32-29(27)37/h4-5,7-14,18,31H,6,15-17H2,1-3H3,(H,32,37)(H,35,36). The van der Waals surface area contributed by atoms with Crippen molar-refractivity contribution in [3.05, 3.63) is 87.9 Å². The van der Waals surface area contributed by atoms with Gasteiger partial charge in [0, 0.05) is 35.2 Å². The molecule has 0 unspecified atom stereocenters. The first-order valence-corrected chi connectivity index (χ1v) is 15.2. The van der Waals surface area contributed by atoms with E-state index in [2.05, 4.69) is 26.6 Å². The molecule has 3 aromatic carbocycles. The van der Waals surface area contributed by atoms with Crippen molar-refractivity contribution in [2.75, 3.05) is 48.4 Å². The Hall–Kier alpha value is -3.67. The van der Waals surface area contributed by atoms with E-state index in [1.54, 1.807) is 24.3 Å². The van der Waals surface area contributed by atoms with Gasteiger partial charge in [-0.3, -0.25) is 13.9 Å². The Morgan fingerprint density at radius 3 is 2.27 bits per heavy atom. The van der Waals surface area contributed by atoms with Gasteiger partial charge in [0.25, 0.3) is 5.91 Å². The minimum atomic E-state index is -3.48. The Morgan fingerprint density at radius 2 is 1.68 bits per heavy atom. The number of aryl methyl sites for hydroxylation is 1. The number of fused-ring (bicyclic) bond motifs is 1. The topological polar surface area (TPSA) is 119 Å². The molecule has 0 aromatic heterocycles. The number of nitrogens with one attached hydrogen (secondary N) is 2. The second-order valence-electron chi connectivity index (χ2n) is 9.79. The Bertz CT molecular complexity index is 1550. The van der Waals surface area contributed by atoms with Gasteiger partial charge in [0.15, 0.2) is 0 Å². The summed E-state index contributed by atoms with van der Waals surface area (Å²) in [5, 5.41) is 15.3. The minimum Gasteiger partial charge on any atom is -0.481 e. The van der Waals surface area contributed by atoms with E-state index in [9.17, 15) is 18.0 Å². The number of amides is 1. The zero-order valence-electron chi connectivity index (χ0n) is 22.4. The summed E-state index contributed by atoms with van der Waals surface area (Å²) in [6.07, 6.45) is 1.62. The second kappa shape index (κ2) is 12.2. The number of aliphatic carboxylic acids is 1. The molecule has 3 aromatic rings. The van der Waals surface area contributed by atoms with Gasteiger partial charge >= 0.3 is 5.97 Å². The molecule has 3 N–H and O–H groups in total. The number of rotatable bonds is 11. The molecule has 0 aliphatic carbocycles. The summed E-state index contributed by atoms with van der Waals surface area (Å²) in [6.45, 7) is 0.880. The lowest BCUT2D eigenvalue weighted by Crippen LogP contribution is -2.35. The minimum absolute atomic E-state index is 0.0294. The van der Waals surface area contributed by atoms with E-state index in [1.807, 2.05) is 61.5 Å². The highest BCUT2D eigenvalue weighted by molar-refractivity contribution is 9.10. The van der Waals surface area contributed by atoms with Crippen LogP contribution < -0.4 is 14.9 Å². The molecule has 0 saturated carbocycles. The number of carboxylic acids is 1. The van der Waals surface area contributed by atoms with Crippen LogP contribution in [0, 0.1) is 0 Å². The Labute approximate surface area is 242 Å². The van der Waals surface area contributed by atoms with Crippen molar-refractivity contribution < 1.29 is 23.1 Å². The monoisotopic (exact) mass is 626 g/mol. The fourth-order valence-corrected chi connectivity index (χ4v) is 5.67. The molecule has 1 amide bonds. The van der Waals surface area contributed by atoms with Crippen molar-refractivity contribution >= 4 is 66.2 Å². The zero-order chi connectivity index (χ0) is 29.0. The molecule has 1 heterocycles. The van der Waals surface area contributed by atoms with Gasteiger partial charge in [-0.05, 0) is 68.0 Å². The van der Waals surface area contributed by atoms with Crippen LogP contribution in [0.25, 0.3) is 11.3 Å². The van der Waals surface area contributed by atoms with Crippen molar-refractivity contribution in [1.82, 2.24) is 4.90 Å². The van der Waals surface area contributed by atoms with Gasteiger partial charge in [-0.25, -0.2) is 8.42 Å². The maximum absolute atomic E-state index is 13.2. The first-order chi connectivity index (χ1) is 18.9. The number of sulfonamides is 1. The van der Waals surface area contributed by atoms with Crippen molar-refractivity contribution in [1.29, 1.82) is 0 Å². The van der Waals surface area contributed by atoms with Crippen LogP contribution in [0.3, 0.4) is 0 Å². The van der Waals surface area contributed by atoms with E-state index in [-0.39, 0.29) is 12.3 Å². The van der Waals surface area contributed by atoms with E-state index in [0.717, 1.165) is 21.2 Å². The third-order valence-corrected chi connectivity index (χ3v) is 8.11. The fraction of sp³-hybridized carbons (Fsp3) is 0.241. The lowest BCUT2D eigenvalue weighted by molar-refractivity contribution is -0.137. The number of benzene rings is 3. The summed E-state index contributed by atoms with van der Waals surface area (Å²) < 4.78 is 27.1. The highest BCUT2D eigenvalue weighted by atomic mass is 79.9. The SMILES string of the molecule is CN(C)CCN(c1ccc(NC(=C2C(=O)Nc3cc(Br)ccc32)c2ccc(CCC(=O)O)cc2)cc1)S(C)(=O)=O. The number of nitrogens with zero attached hydrogens (tertiary/aromatic N) is 2. The number of carbonyl (C=O) groups excluding carboxylic acids is 1. The molecule has 0 radical (unpaired) electrons. The van der Waals surface area contributed by atoms with Gasteiger partial charge in [0.2, 0.25) is 10.0 Å².